The number of hydrogen-bond donors (Lipinski definition) is 0. The molecule has 4 rings (SSSR count). The zero-order chi connectivity index (χ0) is 18.5. The molecule has 0 radical (unpaired) electrons. The maximum atomic E-state index is 6.17. The topological polar surface area (TPSA) is 69.6 Å². The van der Waals surface area contributed by atoms with E-state index in [-0.39, 0.29) is 5.60 Å². The summed E-state index contributed by atoms with van der Waals surface area (Å²) in [5.74, 6) is 1.33. The number of aromatic nitrogens is 3. The van der Waals surface area contributed by atoms with E-state index in [1.807, 2.05) is 6.07 Å². The number of rotatable bonds is 7. The molecule has 27 heavy (non-hydrogen) atoms. The second kappa shape index (κ2) is 8.19. The fourth-order valence-corrected chi connectivity index (χ4v) is 4.12. The van der Waals surface area contributed by atoms with Gasteiger partial charge in [0.2, 0.25) is 5.88 Å². The van der Waals surface area contributed by atoms with Gasteiger partial charge >= 0.3 is 6.01 Å². The summed E-state index contributed by atoms with van der Waals surface area (Å²) in [5, 5.41) is 0. The van der Waals surface area contributed by atoms with E-state index in [1.54, 1.807) is 31.8 Å². The Labute approximate surface area is 159 Å². The van der Waals surface area contributed by atoms with Crippen molar-refractivity contribution in [3.8, 4) is 11.9 Å². The lowest BCUT2D eigenvalue weighted by atomic mass is 9.79. The lowest BCUT2D eigenvalue weighted by Crippen LogP contribution is -2.64. The molecule has 0 aromatic carbocycles. The van der Waals surface area contributed by atoms with Crippen LogP contribution in [0.3, 0.4) is 0 Å². The van der Waals surface area contributed by atoms with E-state index in [1.165, 1.54) is 0 Å². The minimum absolute atomic E-state index is 0.00159. The maximum absolute atomic E-state index is 6.17. The predicted octanol–water partition coefficient (Wildman–Crippen LogP) is 2.33. The molecule has 0 N–H and O–H groups in total. The quantitative estimate of drug-likeness (QED) is 0.741. The standard InChI is InChI=1S/C20H26N4O3/c1-25-18-17(4-2-7-21-18)13-24-14-20(15-24)12-16(6-11-27-20)5-10-26-19-22-8-3-9-23-19/h2-4,7-9,16H,5-6,10-15H2,1H3/t16-/m0/s1. The molecule has 7 heteroatoms. The normalized spacial score (nSPS) is 21.6. The summed E-state index contributed by atoms with van der Waals surface area (Å²) >= 11 is 0. The van der Waals surface area contributed by atoms with Crippen molar-refractivity contribution in [1.29, 1.82) is 0 Å². The summed E-state index contributed by atoms with van der Waals surface area (Å²) in [6, 6.07) is 6.28. The zero-order valence-corrected chi connectivity index (χ0v) is 15.7. The number of pyridine rings is 1. The molecule has 4 heterocycles. The van der Waals surface area contributed by atoms with Crippen LogP contribution in [0.5, 0.6) is 11.9 Å². The average Bonchev–Trinajstić information content (AvgIpc) is 2.68. The van der Waals surface area contributed by atoms with E-state index in [0.717, 1.165) is 51.1 Å². The smallest absolute Gasteiger partial charge is 0.316 e. The van der Waals surface area contributed by atoms with Crippen molar-refractivity contribution in [3.63, 3.8) is 0 Å². The monoisotopic (exact) mass is 370 g/mol. The van der Waals surface area contributed by atoms with Gasteiger partial charge in [0.15, 0.2) is 0 Å². The third kappa shape index (κ3) is 4.36. The largest absolute Gasteiger partial charge is 0.481 e. The number of hydrogen-bond acceptors (Lipinski definition) is 7. The summed E-state index contributed by atoms with van der Waals surface area (Å²) < 4.78 is 17.2. The molecule has 1 atom stereocenters. The van der Waals surface area contributed by atoms with Crippen molar-refractivity contribution in [2.24, 2.45) is 5.92 Å². The molecule has 0 amide bonds. The first-order valence-corrected chi connectivity index (χ1v) is 9.50. The van der Waals surface area contributed by atoms with Crippen molar-refractivity contribution >= 4 is 0 Å². The third-order valence-corrected chi connectivity index (χ3v) is 5.36. The fraction of sp³-hybridized carbons (Fsp3) is 0.550. The highest BCUT2D eigenvalue weighted by Gasteiger charge is 2.47. The van der Waals surface area contributed by atoms with Crippen LogP contribution in [0.4, 0.5) is 0 Å². The lowest BCUT2D eigenvalue weighted by Gasteiger charge is -2.53. The molecule has 1 spiro atoms. The Morgan fingerprint density at radius 3 is 2.81 bits per heavy atom. The summed E-state index contributed by atoms with van der Waals surface area (Å²) in [6.45, 7) is 4.26. The van der Waals surface area contributed by atoms with Crippen LogP contribution in [0.1, 0.15) is 24.8 Å². The van der Waals surface area contributed by atoms with Gasteiger partial charge in [-0.25, -0.2) is 15.0 Å². The Kier molecular flexibility index (Phi) is 5.50. The first kappa shape index (κ1) is 18.1. The van der Waals surface area contributed by atoms with Gasteiger partial charge in [-0.2, -0.15) is 0 Å². The van der Waals surface area contributed by atoms with Gasteiger partial charge in [-0.05, 0) is 37.3 Å². The Morgan fingerprint density at radius 1 is 1.19 bits per heavy atom. The van der Waals surface area contributed by atoms with Crippen LogP contribution in [0, 0.1) is 5.92 Å². The number of ether oxygens (including phenoxy) is 3. The van der Waals surface area contributed by atoms with Gasteiger partial charge in [0.25, 0.3) is 0 Å². The van der Waals surface area contributed by atoms with Crippen LogP contribution in [-0.4, -0.2) is 58.9 Å². The van der Waals surface area contributed by atoms with Crippen LogP contribution in [-0.2, 0) is 11.3 Å². The minimum atomic E-state index is 0.00159. The zero-order valence-electron chi connectivity index (χ0n) is 15.7. The highest BCUT2D eigenvalue weighted by atomic mass is 16.5. The molecule has 2 aliphatic rings. The van der Waals surface area contributed by atoms with Gasteiger partial charge in [-0.15, -0.1) is 0 Å². The molecule has 0 saturated carbocycles. The summed E-state index contributed by atoms with van der Waals surface area (Å²) in [4.78, 5) is 14.9. The molecule has 2 saturated heterocycles. The SMILES string of the molecule is COc1ncccc1CN1CC2(C[C@@H](CCOc3ncccn3)CCO2)C1. The third-order valence-electron chi connectivity index (χ3n) is 5.36. The first-order valence-electron chi connectivity index (χ1n) is 9.50. The van der Waals surface area contributed by atoms with E-state index in [2.05, 4.69) is 25.9 Å². The van der Waals surface area contributed by atoms with E-state index >= 15 is 0 Å². The number of nitrogens with zero attached hydrogens (tertiary/aromatic N) is 4. The molecule has 2 aromatic heterocycles. The Morgan fingerprint density at radius 2 is 2.00 bits per heavy atom. The molecule has 2 aliphatic heterocycles. The molecule has 2 fully saturated rings. The molecule has 0 aliphatic carbocycles. The molecule has 7 nitrogen and oxygen atoms in total. The second-order valence-corrected chi connectivity index (χ2v) is 7.38. The van der Waals surface area contributed by atoms with Gasteiger partial charge in [0.1, 0.15) is 0 Å². The highest BCUT2D eigenvalue weighted by Crippen LogP contribution is 2.39. The molecule has 0 unspecified atom stereocenters. The van der Waals surface area contributed by atoms with Gasteiger partial charge in [-0.3, -0.25) is 4.90 Å². The fourth-order valence-electron chi connectivity index (χ4n) is 4.12. The van der Waals surface area contributed by atoms with Crippen molar-refractivity contribution in [2.45, 2.75) is 31.4 Å². The van der Waals surface area contributed by atoms with Crippen molar-refractivity contribution in [3.05, 3.63) is 42.4 Å². The Bertz CT molecular complexity index is 737. The predicted molar refractivity (Wildman–Crippen MR) is 99.6 cm³/mol. The summed E-state index contributed by atoms with van der Waals surface area (Å²) in [7, 11) is 1.67. The van der Waals surface area contributed by atoms with Crippen LogP contribution >= 0.6 is 0 Å². The first-order chi connectivity index (χ1) is 13.3. The van der Waals surface area contributed by atoms with E-state index in [9.17, 15) is 0 Å². The molecular weight excluding hydrogens is 344 g/mol. The molecule has 2 aromatic rings. The van der Waals surface area contributed by atoms with Crippen LogP contribution in [0.2, 0.25) is 0 Å². The number of methoxy groups -OCH3 is 1. The number of likely N-dealkylation sites (tertiary alicyclic amines) is 1. The lowest BCUT2D eigenvalue weighted by molar-refractivity contribution is -0.182. The minimum Gasteiger partial charge on any atom is -0.481 e. The van der Waals surface area contributed by atoms with Crippen LogP contribution in [0.25, 0.3) is 0 Å². The Balaban J connectivity index is 1.24. The van der Waals surface area contributed by atoms with Gasteiger partial charge in [0, 0.05) is 50.4 Å². The summed E-state index contributed by atoms with van der Waals surface area (Å²) in [5.41, 5.74) is 1.13. The van der Waals surface area contributed by atoms with Gasteiger partial charge in [-0.1, -0.05) is 6.07 Å². The molecule has 0 bridgehead atoms. The van der Waals surface area contributed by atoms with Crippen molar-refractivity contribution in [1.82, 2.24) is 19.9 Å². The van der Waals surface area contributed by atoms with Crippen molar-refractivity contribution < 1.29 is 14.2 Å². The maximum Gasteiger partial charge on any atom is 0.316 e. The second-order valence-electron chi connectivity index (χ2n) is 7.38. The van der Waals surface area contributed by atoms with E-state index < -0.39 is 0 Å². The Hall–Kier alpha value is -2.25. The molecular formula is C20H26N4O3. The summed E-state index contributed by atoms with van der Waals surface area (Å²) in [6.07, 6.45) is 8.36. The van der Waals surface area contributed by atoms with Crippen molar-refractivity contribution in [2.75, 3.05) is 33.4 Å². The van der Waals surface area contributed by atoms with Crippen LogP contribution < -0.4 is 9.47 Å². The highest BCUT2D eigenvalue weighted by molar-refractivity contribution is 5.25. The van der Waals surface area contributed by atoms with E-state index in [0.29, 0.717) is 24.4 Å². The van der Waals surface area contributed by atoms with Gasteiger partial charge in [0.05, 0.1) is 19.3 Å². The van der Waals surface area contributed by atoms with Gasteiger partial charge < -0.3 is 14.2 Å². The van der Waals surface area contributed by atoms with E-state index in [4.69, 9.17) is 14.2 Å². The molecule has 144 valence electrons. The average molecular weight is 370 g/mol. The van der Waals surface area contributed by atoms with Crippen LogP contribution in [0.15, 0.2) is 36.8 Å².